The molecule has 1 aromatic carbocycles. The molecule has 2 aliphatic heterocycles. The highest BCUT2D eigenvalue weighted by Gasteiger charge is 2.59. The van der Waals surface area contributed by atoms with Crippen molar-refractivity contribution in [2.24, 2.45) is 16.3 Å². The van der Waals surface area contributed by atoms with Crippen LogP contribution in [0, 0.1) is 11.3 Å². The van der Waals surface area contributed by atoms with Gasteiger partial charge in [0.15, 0.2) is 5.96 Å². The summed E-state index contributed by atoms with van der Waals surface area (Å²) in [6, 6.07) is 6.31. The van der Waals surface area contributed by atoms with Gasteiger partial charge in [-0.1, -0.05) is 32.0 Å². The molecule has 2 saturated heterocycles. The Labute approximate surface area is 205 Å². The number of hydrogen-bond acceptors (Lipinski definition) is 3. The Kier molecular flexibility index (Phi) is 8.02. The molecule has 2 heterocycles. The lowest BCUT2D eigenvalue weighted by Gasteiger charge is -2.55. The fourth-order valence-corrected chi connectivity index (χ4v) is 5.47. The third kappa shape index (κ3) is 5.35. The second-order valence-corrected chi connectivity index (χ2v) is 9.65. The van der Waals surface area contributed by atoms with Gasteiger partial charge in [-0.15, -0.1) is 24.0 Å². The van der Waals surface area contributed by atoms with Gasteiger partial charge in [-0.3, -0.25) is 9.89 Å². The molecule has 1 aliphatic carbocycles. The van der Waals surface area contributed by atoms with Crippen molar-refractivity contribution >= 4 is 29.9 Å². The average Bonchev–Trinajstić information content (AvgIpc) is 3.19. The molecule has 3 atom stereocenters. The number of ether oxygens (including phenoxy) is 1. The van der Waals surface area contributed by atoms with Gasteiger partial charge in [0.25, 0.3) is 0 Å². The van der Waals surface area contributed by atoms with Crippen LogP contribution in [0.25, 0.3) is 0 Å². The molecule has 2 N–H and O–H groups in total. The molecule has 3 unspecified atom stereocenters. The van der Waals surface area contributed by atoms with E-state index >= 15 is 0 Å². The summed E-state index contributed by atoms with van der Waals surface area (Å²) in [4.78, 5) is 6.66. The fraction of sp³-hybridized carbons (Fsp3) is 0.696. The number of guanidine groups is 1. The molecule has 0 spiro atoms. The van der Waals surface area contributed by atoms with E-state index in [2.05, 4.69) is 34.4 Å². The minimum Gasteiger partial charge on any atom is -0.377 e. The van der Waals surface area contributed by atoms with Crippen molar-refractivity contribution in [3.05, 3.63) is 35.4 Å². The van der Waals surface area contributed by atoms with Crippen LogP contribution < -0.4 is 10.6 Å². The minimum atomic E-state index is -4.30. The molecular weight excluding hydrogens is 532 g/mol. The van der Waals surface area contributed by atoms with Gasteiger partial charge in [-0.25, -0.2) is 0 Å². The number of aliphatic imine (C=N–C) groups is 1. The Morgan fingerprint density at radius 3 is 2.56 bits per heavy atom. The Bertz CT molecular complexity index is 809. The van der Waals surface area contributed by atoms with E-state index in [0.29, 0.717) is 36.2 Å². The van der Waals surface area contributed by atoms with Gasteiger partial charge >= 0.3 is 6.18 Å². The second kappa shape index (κ2) is 10.0. The standard InChI is InChI=1S/C23H33F3N4O.HI/c1-22(2)19(18-9-12-31-20(18)22)29-21(27-3)28-17-7-10-30(11-8-17)14-15-5-4-6-16(13-15)23(24,25)26;/h4-6,13,17-20H,7-12,14H2,1-3H3,(H2,27,28,29);1H. The Hall–Kier alpha value is -1.07. The van der Waals surface area contributed by atoms with Gasteiger partial charge < -0.3 is 15.4 Å². The zero-order valence-corrected chi connectivity index (χ0v) is 21.2. The van der Waals surface area contributed by atoms with E-state index in [9.17, 15) is 13.2 Å². The topological polar surface area (TPSA) is 48.9 Å². The maximum absolute atomic E-state index is 12.9. The number of fused-ring (bicyclic) bond motifs is 1. The summed E-state index contributed by atoms with van der Waals surface area (Å²) in [5, 5.41) is 7.18. The number of hydrogen-bond donors (Lipinski definition) is 2. The molecule has 0 radical (unpaired) electrons. The highest BCUT2D eigenvalue weighted by Crippen LogP contribution is 2.52. The Morgan fingerprint density at radius 2 is 1.91 bits per heavy atom. The van der Waals surface area contributed by atoms with E-state index in [-0.39, 0.29) is 29.4 Å². The highest BCUT2D eigenvalue weighted by molar-refractivity contribution is 14.0. The summed E-state index contributed by atoms with van der Waals surface area (Å²) in [6.45, 7) is 7.57. The summed E-state index contributed by atoms with van der Waals surface area (Å²) in [5.74, 6) is 1.38. The van der Waals surface area contributed by atoms with Gasteiger partial charge in [0.2, 0.25) is 0 Å². The largest absolute Gasteiger partial charge is 0.416 e. The van der Waals surface area contributed by atoms with Gasteiger partial charge in [0, 0.05) is 56.7 Å². The van der Waals surface area contributed by atoms with E-state index in [0.717, 1.165) is 51.0 Å². The first-order valence-electron chi connectivity index (χ1n) is 11.2. The van der Waals surface area contributed by atoms with Crippen LogP contribution in [0.5, 0.6) is 0 Å². The van der Waals surface area contributed by atoms with Crippen LogP contribution in [-0.4, -0.2) is 55.8 Å². The van der Waals surface area contributed by atoms with E-state index in [1.165, 1.54) is 12.1 Å². The fourth-order valence-electron chi connectivity index (χ4n) is 5.47. The number of benzene rings is 1. The van der Waals surface area contributed by atoms with E-state index in [4.69, 9.17) is 4.74 Å². The van der Waals surface area contributed by atoms with Crippen LogP contribution in [0.2, 0.25) is 0 Å². The van der Waals surface area contributed by atoms with Crippen molar-refractivity contribution < 1.29 is 17.9 Å². The summed E-state index contributed by atoms with van der Waals surface area (Å²) in [5.41, 5.74) is 0.220. The maximum Gasteiger partial charge on any atom is 0.416 e. The number of halogens is 4. The lowest BCUT2D eigenvalue weighted by molar-refractivity contribution is -0.137. The lowest BCUT2D eigenvalue weighted by atomic mass is 9.57. The summed E-state index contributed by atoms with van der Waals surface area (Å²) >= 11 is 0. The van der Waals surface area contributed by atoms with Crippen molar-refractivity contribution in [1.82, 2.24) is 15.5 Å². The molecule has 1 aromatic rings. The smallest absolute Gasteiger partial charge is 0.377 e. The summed E-state index contributed by atoms with van der Waals surface area (Å²) in [7, 11) is 1.80. The Balaban J connectivity index is 0.00000289. The molecule has 9 heteroatoms. The zero-order valence-electron chi connectivity index (χ0n) is 18.9. The predicted octanol–water partition coefficient (Wildman–Crippen LogP) is 4.27. The van der Waals surface area contributed by atoms with Gasteiger partial charge in [-0.2, -0.15) is 13.2 Å². The zero-order chi connectivity index (χ0) is 22.2. The number of alkyl halides is 3. The molecule has 3 aliphatic rings. The molecule has 5 nitrogen and oxygen atoms in total. The Morgan fingerprint density at radius 1 is 1.19 bits per heavy atom. The van der Waals surface area contributed by atoms with Crippen LogP contribution in [0.15, 0.2) is 29.3 Å². The van der Waals surface area contributed by atoms with Crippen molar-refractivity contribution in [2.45, 2.75) is 64.0 Å². The highest BCUT2D eigenvalue weighted by atomic mass is 127. The third-order valence-electron chi connectivity index (χ3n) is 7.21. The van der Waals surface area contributed by atoms with E-state index in [1.807, 2.05) is 0 Å². The maximum atomic E-state index is 12.9. The molecule has 3 fully saturated rings. The SMILES string of the molecule is CN=C(NC1CCN(Cc2cccc(C(F)(F)F)c2)CC1)NC1C2CCOC2C1(C)C.I. The first kappa shape index (κ1) is 25.6. The van der Waals surface area contributed by atoms with Crippen LogP contribution in [0.1, 0.15) is 44.2 Å². The molecule has 0 amide bonds. The van der Waals surface area contributed by atoms with Crippen molar-refractivity contribution in [3.8, 4) is 0 Å². The monoisotopic (exact) mass is 566 g/mol. The normalized spacial score (nSPS) is 28.4. The molecule has 0 aromatic heterocycles. The lowest BCUT2D eigenvalue weighted by Crippen LogP contribution is -2.68. The van der Waals surface area contributed by atoms with Gasteiger partial charge in [-0.05, 0) is 30.9 Å². The summed E-state index contributed by atoms with van der Waals surface area (Å²) in [6.07, 6.45) is -1.00. The molecule has 180 valence electrons. The second-order valence-electron chi connectivity index (χ2n) is 9.65. The van der Waals surface area contributed by atoms with Crippen molar-refractivity contribution in [2.75, 3.05) is 26.7 Å². The van der Waals surface area contributed by atoms with Gasteiger partial charge in [0.1, 0.15) is 0 Å². The molecule has 32 heavy (non-hydrogen) atoms. The van der Waals surface area contributed by atoms with Crippen LogP contribution in [0.3, 0.4) is 0 Å². The quantitative estimate of drug-likeness (QED) is 0.325. The first-order chi connectivity index (χ1) is 14.7. The van der Waals surface area contributed by atoms with E-state index < -0.39 is 11.7 Å². The molecule has 4 rings (SSSR count). The van der Waals surface area contributed by atoms with Crippen molar-refractivity contribution in [1.29, 1.82) is 0 Å². The number of nitrogens with zero attached hydrogens (tertiary/aromatic N) is 2. The molecule has 1 saturated carbocycles. The number of likely N-dealkylation sites (tertiary alicyclic amines) is 1. The molecule has 0 bridgehead atoms. The van der Waals surface area contributed by atoms with Crippen LogP contribution >= 0.6 is 24.0 Å². The molecular formula is C23H34F3IN4O. The number of rotatable bonds is 4. The predicted molar refractivity (Wildman–Crippen MR) is 130 cm³/mol. The number of piperidine rings is 1. The van der Waals surface area contributed by atoms with Crippen LogP contribution in [0.4, 0.5) is 13.2 Å². The first-order valence-corrected chi connectivity index (χ1v) is 11.2. The average molecular weight is 566 g/mol. The van der Waals surface area contributed by atoms with Crippen molar-refractivity contribution in [3.63, 3.8) is 0 Å². The third-order valence-corrected chi connectivity index (χ3v) is 7.21. The minimum absolute atomic E-state index is 0. The van der Waals surface area contributed by atoms with Crippen LogP contribution in [-0.2, 0) is 17.5 Å². The summed E-state index contributed by atoms with van der Waals surface area (Å²) < 4.78 is 44.7. The van der Waals surface area contributed by atoms with E-state index in [1.54, 1.807) is 13.1 Å². The van der Waals surface area contributed by atoms with Gasteiger partial charge in [0.05, 0.1) is 11.7 Å². The number of nitrogens with one attached hydrogen (secondary N) is 2.